The van der Waals surface area contributed by atoms with Crippen molar-refractivity contribution in [2.45, 2.75) is 12.7 Å². The maximum absolute atomic E-state index is 10.1. The highest BCUT2D eigenvalue weighted by Crippen LogP contribution is 2.34. The first-order valence-corrected chi connectivity index (χ1v) is 6.79. The van der Waals surface area contributed by atoms with Crippen molar-refractivity contribution in [1.82, 2.24) is 5.48 Å². The molecule has 0 saturated carbocycles. The Bertz CT molecular complexity index is 588. The Kier molecular flexibility index (Phi) is 4.35. The summed E-state index contributed by atoms with van der Waals surface area (Å²) >= 11 is 0. The first-order chi connectivity index (χ1) is 10.3. The molecule has 0 amide bonds. The van der Waals surface area contributed by atoms with Gasteiger partial charge in [0.1, 0.15) is 0 Å². The Balaban J connectivity index is 1.47. The SMILES string of the molecule is OC(CNOCc1ccccc1)c1ccc2c(c1)OCO2. The molecule has 1 aliphatic rings. The van der Waals surface area contributed by atoms with Crippen LogP contribution in [0.1, 0.15) is 17.2 Å². The maximum atomic E-state index is 10.1. The van der Waals surface area contributed by atoms with Gasteiger partial charge in [0.25, 0.3) is 0 Å². The van der Waals surface area contributed by atoms with Crippen molar-refractivity contribution in [2.75, 3.05) is 13.3 Å². The molecule has 1 heterocycles. The van der Waals surface area contributed by atoms with Crippen molar-refractivity contribution in [3.63, 3.8) is 0 Å². The van der Waals surface area contributed by atoms with Crippen LogP contribution in [0.5, 0.6) is 11.5 Å². The van der Waals surface area contributed by atoms with Crippen LogP contribution in [0.2, 0.25) is 0 Å². The average molecular weight is 287 g/mol. The summed E-state index contributed by atoms with van der Waals surface area (Å²) in [6.07, 6.45) is -0.671. The Labute approximate surface area is 123 Å². The van der Waals surface area contributed by atoms with Gasteiger partial charge in [-0.2, -0.15) is 5.48 Å². The molecule has 0 saturated heterocycles. The van der Waals surface area contributed by atoms with Crippen molar-refractivity contribution in [3.05, 3.63) is 59.7 Å². The van der Waals surface area contributed by atoms with E-state index in [0.29, 0.717) is 24.7 Å². The lowest BCUT2D eigenvalue weighted by Gasteiger charge is -2.13. The molecule has 2 aromatic rings. The van der Waals surface area contributed by atoms with Crippen LogP contribution in [-0.4, -0.2) is 18.4 Å². The first-order valence-electron chi connectivity index (χ1n) is 6.79. The fraction of sp³-hybridized carbons (Fsp3) is 0.250. The Morgan fingerprint density at radius 2 is 1.90 bits per heavy atom. The second-order valence-electron chi connectivity index (χ2n) is 4.75. The third-order valence-electron chi connectivity index (χ3n) is 3.24. The van der Waals surface area contributed by atoms with Crippen molar-refractivity contribution in [1.29, 1.82) is 0 Å². The lowest BCUT2D eigenvalue weighted by molar-refractivity contribution is 0.00267. The Morgan fingerprint density at radius 3 is 2.76 bits per heavy atom. The second-order valence-corrected chi connectivity index (χ2v) is 4.75. The summed E-state index contributed by atoms with van der Waals surface area (Å²) in [5.41, 5.74) is 4.61. The number of fused-ring (bicyclic) bond motifs is 1. The minimum Gasteiger partial charge on any atom is -0.454 e. The van der Waals surface area contributed by atoms with E-state index in [1.54, 1.807) is 12.1 Å². The van der Waals surface area contributed by atoms with Gasteiger partial charge in [0.2, 0.25) is 6.79 Å². The summed E-state index contributed by atoms with van der Waals surface area (Å²) < 4.78 is 10.5. The number of rotatable bonds is 6. The van der Waals surface area contributed by atoms with Crippen molar-refractivity contribution in [3.8, 4) is 11.5 Å². The van der Waals surface area contributed by atoms with Crippen LogP contribution in [-0.2, 0) is 11.4 Å². The van der Waals surface area contributed by atoms with Gasteiger partial charge in [-0.15, -0.1) is 0 Å². The van der Waals surface area contributed by atoms with Crippen LogP contribution < -0.4 is 15.0 Å². The monoisotopic (exact) mass is 287 g/mol. The summed E-state index contributed by atoms with van der Waals surface area (Å²) in [5, 5.41) is 10.1. The molecule has 0 fully saturated rings. The van der Waals surface area contributed by atoms with E-state index in [1.807, 2.05) is 36.4 Å². The molecule has 1 unspecified atom stereocenters. The molecule has 5 nitrogen and oxygen atoms in total. The summed E-state index contributed by atoms with van der Waals surface area (Å²) in [5.74, 6) is 1.37. The Morgan fingerprint density at radius 1 is 1.10 bits per heavy atom. The van der Waals surface area contributed by atoms with Gasteiger partial charge in [0, 0.05) is 0 Å². The number of aliphatic hydroxyl groups excluding tert-OH is 1. The smallest absolute Gasteiger partial charge is 0.231 e. The predicted molar refractivity (Wildman–Crippen MR) is 76.8 cm³/mol. The van der Waals surface area contributed by atoms with E-state index in [-0.39, 0.29) is 6.79 Å². The van der Waals surface area contributed by atoms with Gasteiger partial charge < -0.3 is 14.6 Å². The third kappa shape index (κ3) is 3.52. The molecular weight excluding hydrogens is 270 g/mol. The molecule has 0 aliphatic carbocycles. The summed E-state index contributed by atoms with van der Waals surface area (Å²) in [4.78, 5) is 5.34. The number of hydrogen-bond acceptors (Lipinski definition) is 5. The molecule has 3 rings (SSSR count). The molecule has 0 bridgehead atoms. The van der Waals surface area contributed by atoms with Gasteiger partial charge >= 0.3 is 0 Å². The van der Waals surface area contributed by atoms with Crippen LogP contribution in [0, 0.1) is 0 Å². The zero-order valence-corrected chi connectivity index (χ0v) is 11.5. The number of hydroxylamine groups is 1. The van der Waals surface area contributed by atoms with Gasteiger partial charge in [-0.05, 0) is 23.3 Å². The van der Waals surface area contributed by atoms with E-state index < -0.39 is 6.10 Å². The highest BCUT2D eigenvalue weighted by molar-refractivity contribution is 5.45. The summed E-state index contributed by atoms with van der Waals surface area (Å²) in [6.45, 7) is 0.981. The Hall–Kier alpha value is -2.08. The second kappa shape index (κ2) is 6.58. The normalized spacial score (nSPS) is 14.1. The third-order valence-corrected chi connectivity index (χ3v) is 3.24. The van der Waals surface area contributed by atoms with Gasteiger partial charge in [-0.3, -0.25) is 4.84 Å². The number of ether oxygens (including phenoxy) is 2. The van der Waals surface area contributed by atoms with Gasteiger partial charge in [0.05, 0.1) is 19.3 Å². The fourth-order valence-electron chi connectivity index (χ4n) is 2.08. The van der Waals surface area contributed by atoms with E-state index in [2.05, 4.69) is 5.48 Å². The number of nitrogens with one attached hydrogen (secondary N) is 1. The van der Waals surface area contributed by atoms with Gasteiger partial charge in [-0.1, -0.05) is 36.4 Å². The van der Waals surface area contributed by atoms with Crippen molar-refractivity contribution >= 4 is 0 Å². The van der Waals surface area contributed by atoms with Crippen LogP contribution in [0.3, 0.4) is 0 Å². The quantitative estimate of drug-likeness (QED) is 0.630. The topological polar surface area (TPSA) is 60.0 Å². The zero-order valence-electron chi connectivity index (χ0n) is 11.5. The van der Waals surface area contributed by atoms with Crippen molar-refractivity contribution < 1.29 is 19.4 Å². The van der Waals surface area contributed by atoms with Crippen LogP contribution in [0.15, 0.2) is 48.5 Å². The molecule has 1 aliphatic heterocycles. The molecule has 2 aromatic carbocycles. The van der Waals surface area contributed by atoms with E-state index in [9.17, 15) is 5.11 Å². The molecule has 21 heavy (non-hydrogen) atoms. The average Bonchev–Trinajstić information content (AvgIpc) is 3.00. The molecular formula is C16H17NO4. The summed E-state index contributed by atoms with van der Waals surface area (Å²) in [6, 6.07) is 15.2. The molecule has 0 aromatic heterocycles. The predicted octanol–water partition coefficient (Wildman–Crippen LogP) is 2.17. The minimum atomic E-state index is -0.671. The number of hydrogen-bond donors (Lipinski definition) is 2. The molecule has 1 atom stereocenters. The fourth-order valence-corrected chi connectivity index (χ4v) is 2.08. The largest absolute Gasteiger partial charge is 0.454 e. The maximum Gasteiger partial charge on any atom is 0.231 e. The van der Waals surface area contributed by atoms with Gasteiger partial charge in [0.15, 0.2) is 11.5 Å². The molecule has 2 N–H and O–H groups in total. The lowest BCUT2D eigenvalue weighted by atomic mass is 10.1. The molecule has 110 valence electrons. The highest BCUT2D eigenvalue weighted by Gasteiger charge is 2.16. The van der Waals surface area contributed by atoms with Crippen LogP contribution in [0.4, 0.5) is 0 Å². The van der Waals surface area contributed by atoms with E-state index >= 15 is 0 Å². The zero-order chi connectivity index (χ0) is 14.5. The minimum absolute atomic E-state index is 0.229. The van der Waals surface area contributed by atoms with E-state index in [4.69, 9.17) is 14.3 Å². The molecule has 0 spiro atoms. The summed E-state index contributed by atoms with van der Waals surface area (Å²) in [7, 11) is 0. The van der Waals surface area contributed by atoms with Crippen LogP contribution >= 0.6 is 0 Å². The number of aliphatic hydroxyl groups is 1. The highest BCUT2D eigenvalue weighted by atomic mass is 16.7. The van der Waals surface area contributed by atoms with E-state index in [1.165, 1.54) is 0 Å². The first kappa shape index (κ1) is 13.9. The standard InChI is InChI=1S/C16H17NO4/c18-14(9-17-21-10-12-4-2-1-3-5-12)13-6-7-15-16(8-13)20-11-19-15/h1-8,14,17-18H,9-11H2. The van der Waals surface area contributed by atoms with E-state index in [0.717, 1.165) is 11.1 Å². The van der Waals surface area contributed by atoms with Gasteiger partial charge in [-0.25, -0.2) is 0 Å². The molecule has 0 radical (unpaired) electrons. The van der Waals surface area contributed by atoms with Crippen molar-refractivity contribution in [2.24, 2.45) is 0 Å². The lowest BCUT2D eigenvalue weighted by Crippen LogP contribution is -2.21. The number of benzene rings is 2. The molecule has 5 heteroatoms. The van der Waals surface area contributed by atoms with Crippen LogP contribution in [0.25, 0.3) is 0 Å².